The van der Waals surface area contributed by atoms with E-state index in [1.807, 2.05) is 42.5 Å². The molecule has 0 fully saturated rings. The van der Waals surface area contributed by atoms with Crippen LogP contribution in [0.15, 0.2) is 120 Å². The zero-order chi connectivity index (χ0) is 55.9. The van der Waals surface area contributed by atoms with Crippen LogP contribution < -0.4 is 26.5 Å². The summed E-state index contributed by atoms with van der Waals surface area (Å²) in [7, 11) is -5.12. The maximum atomic E-state index is 12.8. The molecule has 0 unspecified atom stereocenters. The van der Waals surface area contributed by atoms with Crippen LogP contribution in [0.25, 0.3) is 0 Å². The Hall–Kier alpha value is -4.93. The lowest BCUT2D eigenvalue weighted by atomic mass is 10.1. The van der Waals surface area contributed by atoms with E-state index in [0.29, 0.717) is 29.4 Å². The van der Waals surface area contributed by atoms with Crippen molar-refractivity contribution in [3.8, 4) is 0 Å². The van der Waals surface area contributed by atoms with Crippen LogP contribution in [0.5, 0.6) is 0 Å². The van der Waals surface area contributed by atoms with Crippen molar-refractivity contribution in [2.24, 2.45) is 5.73 Å². The average molecular weight is 1160 g/mol. The first-order valence-electron chi connectivity index (χ1n) is 27.9. The summed E-state index contributed by atoms with van der Waals surface area (Å²) >= 11 is 3.42. The summed E-state index contributed by atoms with van der Waals surface area (Å²) in [6, 6.07) is 38.9. The highest BCUT2D eigenvalue weighted by atomic mass is 79.9. The predicted octanol–water partition coefficient (Wildman–Crippen LogP) is 12.8. The van der Waals surface area contributed by atoms with E-state index < -0.39 is 32.3 Å². The number of amides is 2. The van der Waals surface area contributed by atoms with Gasteiger partial charge in [0.15, 0.2) is 11.6 Å². The number of nitrogens with two attached hydrogens (primary N) is 1. The Morgan fingerprint density at radius 3 is 1.30 bits per heavy atom. The SMILES string of the molecule is C[Si](C)(C)c1cccc2c1CCC2=O.C[Si](C)(C)c1cccc2c1CC[C@@H]2O.C[Si](C)(C)c1cccc2c1CC[C@H]2N.C[Si](C)(C)c1cccc2c1CC[C@H]2N1C(=O)c2ccccc2C1=O.O=C1CCc2c(Br)cccc21. The number of rotatable bonds is 5. The van der Waals surface area contributed by atoms with Crippen molar-refractivity contribution in [3.63, 3.8) is 0 Å². The van der Waals surface area contributed by atoms with Crippen molar-refractivity contribution in [2.75, 3.05) is 0 Å². The number of aliphatic hydroxyl groups is 1. The second kappa shape index (κ2) is 23.0. The Labute approximate surface area is 471 Å². The van der Waals surface area contributed by atoms with Crippen molar-refractivity contribution in [1.29, 1.82) is 0 Å². The van der Waals surface area contributed by atoms with Gasteiger partial charge in [-0.05, 0) is 114 Å². The zero-order valence-corrected chi connectivity index (χ0v) is 53.3. The standard InChI is InChI=1S/C20H21NO2Si.C12H19NSi.C12H18OSi.C12H16OSi.C9H7BrO/c1-24(2,3)18-10-6-9-13-14(18)11-12-17(13)21-19(22)15-7-4-5-8-16(15)20(21)23;3*1-14(2,3)12-6-4-5-9-10(12)7-8-11(9)13;10-8-3-1-2-7-6(8)4-5-9(7)11/h4-10,17H,11-12H2,1-3H3;4-6,11H,7-8,13H2,1-3H3;4-6,11,13H,7-8H2,1-3H3;4-6H,7-8H2,1-3H3;1-3H,4-5H2/t17-;2*11-;;/m110../s1. The van der Waals surface area contributed by atoms with E-state index in [2.05, 4.69) is 155 Å². The molecule has 3 atom stereocenters. The number of ketones is 2. The van der Waals surface area contributed by atoms with Crippen LogP contribution in [0.4, 0.5) is 0 Å². The number of carbonyl (C=O) groups excluding carboxylic acids is 4. The lowest BCUT2D eigenvalue weighted by Crippen LogP contribution is -2.40. The van der Waals surface area contributed by atoms with E-state index in [-0.39, 0.29) is 29.7 Å². The molecule has 12 rings (SSSR count). The molecule has 77 heavy (non-hydrogen) atoms. The van der Waals surface area contributed by atoms with Gasteiger partial charge < -0.3 is 10.8 Å². The minimum atomic E-state index is -1.45. The van der Waals surface area contributed by atoms with Gasteiger partial charge in [0, 0.05) is 34.5 Å². The summed E-state index contributed by atoms with van der Waals surface area (Å²) < 4.78 is 1.07. The molecule has 3 N–H and O–H groups in total. The number of Topliss-reactive ketones (excluding diaryl/α,β-unsaturated/α-hetero) is 2. The van der Waals surface area contributed by atoms with E-state index >= 15 is 0 Å². The van der Waals surface area contributed by atoms with Crippen LogP contribution in [0.2, 0.25) is 78.6 Å². The average Bonchev–Trinajstić information content (AvgIpc) is 4.28. The van der Waals surface area contributed by atoms with E-state index in [1.165, 1.54) is 65.8 Å². The first-order valence-corrected chi connectivity index (χ1v) is 42.7. The molecule has 0 bridgehead atoms. The number of hydrogen-bond donors (Lipinski definition) is 2. The third-order valence-electron chi connectivity index (χ3n) is 16.3. The molecule has 7 nitrogen and oxygen atoms in total. The van der Waals surface area contributed by atoms with Crippen LogP contribution in [0, 0.1) is 0 Å². The number of carbonyl (C=O) groups is 4. The highest BCUT2D eigenvalue weighted by Gasteiger charge is 2.43. The van der Waals surface area contributed by atoms with Gasteiger partial charge in [0.25, 0.3) is 11.8 Å². The molecule has 0 spiro atoms. The van der Waals surface area contributed by atoms with Crippen molar-refractivity contribution in [2.45, 2.75) is 161 Å². The van der Waals surface area contributed by atoms with Crippen LogP contribution in [-0.4, -0.2) is 65.7 Å². The maximum Gasteiger partial charge on any atom is 0.262 e. The lowest BCUT2D eigenvalue weighted by molar-refractivity contribution is 0.0581. The van der Waals surface area contributed by atoms with Gasteiger partial charge in [-0.25, -0.2) is 0 Å². The van der Waals surface area contributed by atoms with Gasteiger partial charge in [-0.15, -0.1) is 0 Å². The molecule has 6 aliphatic rings. The Balaban J connectivity index is 0.000000131. The summed E-state index contributed by atoms with van der Waals surface area (Å²) in [6.45, 7) is 28.4. The molecule has 2 amide bonds. The van der Waals surface area contributed by atoms with Crippen LogP contribution in [-0.2, 0) is 32.1 Å². The Kier molecular flexibility index (Phi) is 17.4. The number of fused-ring (bicyclic) bond motifs is 6. The monoisotopic (exact) mass is 1160 g/mol. The predicted molar refractivity (Wildman–Crippen MR) is 334 cm³/mol. The van der Waals surface area contributed by atoms with Gasteiger partial charge >= 0.3 is 0 Å². The summed E-state index contributed by atoms with van der Waals surface area (Å²) in [4.78, 5) is 49.8. The number of imide groups is 1. The fourth-order valence-corrected chi connectivity index (χ4v) is 20.1. The third-order valence-corrected chi connectivity index (χ3v) is 25.3. The third kappa shape index (κ3) is 12.4. The normalized spacial score (nSPS) is 18.8. The Morgan fingerprint density at radius 2 is 0.792 bits per heavy atom. The first-order chi connectivity index (χ1) is 36.2. The molecule has 6 aromatic carbocycles. The van der Waals surface area contributed by atoms with Crippen molar-refractivity contribution >= 4 is 92.4 Å². The molecule has 12 heteroatoms. The second-order valence-electron chi connectivity index (χ2n) is 25.8. The van der Waals surface area contributed by atoms with E-state index in [4.69, 9.17) is 5.73 Å². The van der Waals surface area contributed by atoms with Crippen molar-refractivity contribution in [1.82, 2.24) is 4.90 Å². The number of benzene rings is 6. The largest absolute Gasteiger partial charge is 0.388 e. The van der Waals surface area contributed by atoms with Crippen LogP contribution in [0.3, 0.4) is 0 Å². The topological polar surface area (TPSA) is 118 Å². The minimum Gasteiger partial charge on any atom is -0.388 e. The van der Waals surface area contributed by atoms with Crippen LogP contribution >= 0.6 is 15.9 Å². The second-order valence-corrected chi connectivity index (χ2v) is 46.9. The van der Waals surface area contributed by atoms with Gasteiger partial charge in [-0.3, -0.25) is 24.1 Å². The minimum absolute atomic E-state index is 0.122. The molecule has 0 saturated heterocycles. The molecule has 0 aromatic heterocycles. The highest BCUT2D eigenvalue weighted by Crippen LogP contribution is 2.40. The number of halogens is 1. The number of aliphatic hydroxyl groups excluding tert-OH is 1. The van der Waals surface area contributed by atoms with Gasteiger partial charge in [-0.1, -0.05) is 212 Å². The lowest BCUT2D eigenvalue weighted by Gasteiger charge is -2.25. The smallest absolute Gasteiger partial charge is 0.262 e. The summed E-state index contributed by atoms with van der Waals surface area (Å²) in [5.74, 6) is 0.320. The highest BCUT2D eigenvalue weighted by molar-refractivity contribution is 9.10. The summed E-state index contributed by atoms with van der Waals surface area (Å²) in [5.41, 5.74) is 19.7. The van der Waals surface area contributed by atoms with E-state index in [0.717, 1.165) is 67.0 Å². The van der Waals surface area contributed by atoms with Gasteiger partial charge in [0.1, 0.15) is 0 Å². The van der Waals surface area contributed by atoms with Crippen LogP contribution in [0.1, 0.15) is 136 Å². The molecular formula is C65H81BrN2O5Si4. The number of nitrogens with zero attached hydrogens (tertiary/aromatic N) is 1. The molecule has 0 saturated carbocycles. The molecule has 1 heterocycles. The first kappa shape index (κ1) is 58.2. The Morgan fingerprint density at radius 1 is 0.416 bits per heavy atom. The molecule has 404 valence electrons. The molecule has 6 aromatic rings. The van der Waals surface area contributed by atoms with Gasteiger partial charge in [-0.2, -0.15) is 0 Å². The zero-order valence-electron chi connectivity index (χ0n) is 47.8. The molecule has 5 aliphatic carbocycles. The summed E-state index contributed by atoms with van der Waals surface area (Å²) in [6.07, 6.45) is 9.15. The fraction of sp³-hybridized carbons (Fsp3) is 0.385. The molecule has 1 aliphatic heterocycles. The molecular weight excluding hydrogens is 1080 g/mol. The van der Waals surface area contributed by atoms with E-state index in [1.54, 1.807) is 22.9 Å². The number of hydrogen-bond acceptors (Lipinski definition) is 6. The van der Waals surface area contributed by atoms with Gasteiger partial charge in [0.2, 0.25) is 0 Å². The summed E-state index contributed by atoms with van der Waals surface area (Å²) in [5, 5.41) is 15.9. The Bertz CT molecular complexity index is 3140. The van der Waals surface area contributed by atoms with E-state index in [9.17, 15) is 24.3 Å². The quantitative estimate of drug-likeness (QED) is 0.131. The molecule has 0 radical (unpaired) electrons. The van der Waals surface area contributed by atoms with Crippen molar-refractivity contribution in [3.05, 3.63) is 186 Å². The van der Waals surface area contributed by atoms with Crippen molar-refractivity contribution < 1.29 is 24.3 Å². The van der Waals surface area contributed by atoms with Gasteiger partial charge in [0.05, 0.1) is 55.6 Å². The fourth-order valence-electron chi connectivity index (χ4n) is 12.5. The maximum absolute atomic E-state index is 12.8.